The Kier molecular flexibility index (Phi) is 15.4. The van der Waals surface area contributed by atoms with Crippen LogP contribution in [0.4, 0.5) is 0 Å². The van der Waals surface area contributed by atoms with E-state index in [1.165, 1.54) is 70.6 Å². The molecule has 1 radical (unpaired) electrons. The van der Waals surface area contributed by atoms with Gasteiger partial charge in [0.25, 0.3) is 0 Å². The molecule has 0 bridgehead atoms. The molecule has 0 atom stereocenters. The first-order chi connectivity index (χ1) is 8.41. The second-order valence-corrected chi connectivity index (χ2v) is 4.99. The highest BCUT2D eigenvalue weighted by Gasteiger charge is 1.93. The maximum Gasteiger partial charge on any atom is 0.0431 e. The van der Waals surface area contributed by atoms with Crippen LogP contribution in [-0.2, 0) is 0 Å². The van der Waals surface area contributed by atoms with Gasteiger partial charge in [0.2, 0.25) is 0 Å². The zero-order chi connectivity index (χ0) is 12.6. The number of aliphatic hydroxyl groups excluding tert-OH is 1. The van der Waals surface area contributed by atoms with Gasteiger partial charge in [-0.3, -0.25) is 0 Å². The van der Waals surface area contributed by atoms with Crippen LogP contribution in [0.5, 0.6) is 0 Å². The lowest BCUT2D eigenvalue weighted by Crippen LogP contribution is -1.84. The van der Waals surface area contributed by atoms with E-state index in [0.717, 1.165) is 12.8 Å². The van der Waals surface area contributed by atoms with Crippen molar-refractivity contribution in [3.05, 3.63) is 12.7 Å². The van der Waals surface area contributed by atoms with E-state index in [1.807, 2.05) is 0 Å². The van der Waals surface area contributed by atoms with Crippen molar-refractivity contribution in [2.45, 2.75) is 83.5 Å². The Morgan fingerprint density at radius 2 is 0.941 bits per heavy atom. The molecule has 0 aromatic rings. The van der Waals surface area contributed by atoms with Crippen LogP contribution < -0.4 is 0 Å². The second kappa shape index (κ2) is 15.7. The molecule has 101 valence electrons. The van der Waals surface area contributed by atoms with Gasteiger partial charge in [-0.2, -0.15) is 0 Å². The molecule has 0 aliphatic rings. The fourth-order valence-electron chi connectivity index (χ4n) is 2.14. The van der Waals surface area contributed by atoms with Gasteiger partial charge >= 0.3 is 0 Å². The molecule has 0 aromatic carbocycles. The van der Waals surface area contributed by atoms with Crippen molar-refractivity contribution < 1.29 is 5.11 Å². The van der Waals surface area contributed by atoms with E-state index in [4.69, 9.17) is 11.7 Å². The van der Waals surface area contributed by atoms with E-state index < -0.39 is 0 Å². The first kappa shape index (κ1) is 16.7. The Hall–Kier alpha value is -0.300. The van der Waals surface area contributed by atoms with Gasteiger partial charge in [0, 0.05) is 6.61 Å². The number of hydrogen-bond acceptors (Lipinski definition) is 1. The van der Waals surface area contributed by atoms with Gasteiger partial charge in [0.05, 0.1) is 0 Å². The van der Waals surface area contributed by atoms with Gasteiger partial charge in [-0.15, -0.1) is 0 Å². The van der Waals surface area contributed by atoms with Gasteiger partial charge in [-0.1, -0.05) is 76.9 Å². The molecule has 1 heteroatoms. The van der Waals surface area contributed by atoms with Crippen LogP contribution in [-0.4, -0.2) is 11.7 Å². The lowest BCUT2D eigenvalue weighted by atomic mass is 10.0. The van der Waals surface area contributed by atoms with E-state index >= 15 is 0 Å². The van der Waals surface area contributed by atoms with Crippen LogP contribution in [0.15, 0.2) is 6.08 Å². The summed E-state index contributed by atoms with van der Waals surface area (Å²) in [7, 11) is 0. The van der Waals surface area contributed by atoms with Crippen molar-refractivity contribution in [3.63, 3.8) is 0 Å². The highest BCUT2D eigenvalue weighted by Crippen LogP contribution is 2.12. The summed E-state index contributed by atoms with van der Waals surface area (Å²) >= 11 is 0. The molecule has 0 amide bonds. The summed E-state index contributed by atoms with van der Waals surface area (Å²) in [5.41, 5.74) is 0. The quantitative estimate of drug-likeness (QED) is 0.421. The van der Waals surface area contributed by atoms with Crippen molar-refractivity contribution in [1.82, 2.24) is 0 Å². The summed E-state index contributed by atoms with van der Waals surface area (Å²) in [6.45, 7) is 5.69. The van der Waals surface area contributed by atoms with Crippen LogP contribution in [0, 0.1) is 6.58 Å². The molecule has 0 aliphatic carbocycles. The predicted molar refractivity (Wildman–Crippen MR) is 76.0 cm³/mol. The summed E-state index contributed by atoms with van der Waals surface area (Å²) in [6, 6.07) is 0. The molecule has 0 unspecified atom stereocenters. The van der Waals surface area contributed by atoms with Gasteiger partial charge < -0.3 is 5.11 Å². The van der Waals surface area contributed by atoms with E-state index in [0.29, 0.717) is 6.61 Å². The highest BCUT2D eigenvalue weighted by atomic mass is 16.2. The third-order valence-electron chi connectivity index (χ3n) is 3.28. The van der Waals surface area contributed by atoms with Gasteiger partial charge in [-0.25, -0.2) is 0 Å². The van der Waals surface area contributed by atoms with Gasteiger partial charge in [-0.05, 0) is 19.3 Å². The molecule has 1 N–H and O–H groups in total. The number of aliphatic hydroxyl groups is 1. The van der Waals surface area contributed by atoms with Gasteiger partial charge in [0.1, 0.15) is 0 Å². The summed E-state index contributed by atoms with van der Waals surface area (Å²) in [5, 5.41) is 8.63. The summed E-state index contributed by atoms with van der Waals surface area (Å²) in [5.74, 6) is 0. The van der Waals surface area contributed by atoms with E-state index in [1.54, 1.807) is 6.08 Å². The Labute approximate surface area is 108 Å². The van der Waals surface area contributed by atoms with Crippen LogP contribution in [0.3, 0.4) is 0 Å². The molecule has 0 saturated carbocycles. The summed E-state index contributed by atoms with van der Waals surface area (Å²) < 4.78 is 0. The average molecular weight is 239 g/mol. The molecule has 0 saturated heterocycles. The Morgan fingerprint density at radius 1 is 0.588 bits per heavy atom. The molecule has 0 aromatic heterocycles. The topological polar surface area (TPSA) is 20.2 Å². The fraction of sp³-hybridized carbons (Fsp3) is 0.875. The van der Waals surface area contributed by atoms with Crippen LogP contribution >= 0.6 is 0 Å². The van der Waals surface area contributed by atoms with Crippen molar-refractivity contribution in [2.24, 2.45) is 0 Å². The molecule has 1 nitrogen and oxygen atoms in total. The molecular weight excluding hydrogens is 208 g/mol. The van der Waals surface area contributed by atoms with Crippen molar-refractivity contribution >= 4 is 0 Å². The van der Waals surface area contributed by atoms with Crippen molar-refractivity contribution in [1.29, 1.82) is 0 Å². The summed E-state index contributed by atoms with van der Waals surface area (Å²) in [6.07, 6.45) is 18.7. The van der Waals surface area contributed by atoms with Crippen LogP contribution in [0.1, 0.15) is 83.5 Å². The molecule has 0 fully saturated rings. The van der Waals surface area contributed by atoms with Crippen LogP contribution in [0.25, 0.3) is 0 Å². The highest BCUT2D eigenvalue weighted by molar-refractivity contribution is 4.61. The average Bonchev–Trinajstić information content (AvgIpc) is 2.35. The predicted octanol–water partition coefficient (Wildman–Crippen LogP) is 5.04. The number of allylic oxidation sites excluding steroid dienone is 1. The van der Waals surface area contributed by atoms with Gasteiger partial charge in [0.15, 0.2) is 0 Å². The monoisotopic (exact) mass is 239 g/mol. The first-order valence-electron chi connectivity index (χ1n) is 7.56. The standard InChI is InChI=1S/C16H31O/c1-2-3-4-5-6-7-8-9-10-11-12-13-14-15-16-17/h1-2,17H,3-16H2. The minimum absolute atomic E-state index is 0.363. The van der Waals surface area contributed by atoms with E-state index in [2.05, 4.69) is 0 Å². The third kappa shape index (κ3) is 15.7. The lowest BCUT2D eigenvalue weighted by molar-refractivity contribution is 0.282. The maximum absolute atomic E-state index is 8.63. The normalized spacial score (nSPS) is 10.6. The number of unbranched alkanes of at least 4 members (excludes halogenated alkanes) is 12. The zero-order valence-electron chi connectivity index (χ0n) is 11.5. The van der Waals surface area contributed by atoms with Crippen molar-refractivity contribution in [3.8, 4) is 0 Å². The molecule has 0 rings (SSSR count). The molecule has 0 spiro atoms. The Bertz CT molecular complexity index is 142. The number of rotatable bonds is 14. The zero-order valence-corrected chi connectivity index (χ0v) is 11.5. The second-order valence-electron chi connectivity index (χ2n) is 4.99. The van der Waals surface area contributed by atoms with E-state index in [-0.39, 0.29) is 0 Å². The van der Waals surface area contributed by atoms with Crippen molar-refractivity contribution in [2.75, 3.05) is 6.61 Å². The molecule has 17 heavy (non-hydrogen) atoms. The smallest absolute Gasteiger partial charge is 0.0431 e. The first-order valence-corrected chi connectivity index (χ1v) is 7.56. The molecular formula is C16H31O. The molecule has 0 heterocycles. The minimum Gasteiger partial charge on any atom is -0.396 e. The molecule has 0 aliphatic heterocycles. The SMILES string of the molecule is [CH]=CCCCCCCCCCCCCCCO. The fourth-order valence-corrected chi connectivity index (χ4v) is 2.14. The van der Waals surface area contributed by atoms with Crippen LogP contribution in [0.2, 0.25) is 0 Å². The van der Waals surface area contributed by atoms with E-state index in [9.17, 15) is 0 Å². The largest absolute Gasteiger partial charge is 0.396 e. The maximum atomic E-state index is 8.63. The minimum atomic E-state index is 0.363. The third-order valence-corrected chi connectivity index (χ3v) is 3.28. The Balaban J connectivity index is 2.87. The Morgan fingerprint density at radius 3 is 1.29 bits per heavy atom. The summed E-state index contributed by atoms with van der Waals surface area (Å²) in [4.78, 5) is 0. The number of hydrogen-bond donors (Lipinski definition) is 1. The lowest BCUT2D eigenvalue weighted by Gasteiger charge is -2.02.